The highest BCUT2D eigenvalue weighted by Gasteiger charge is 2.31. The normalized spacial score (nSPS) is 11.2. The summed E-state index contributed by atoms with van der Waals surface area (Å²) in [5.74, 6) is -2.11. The number of nitrogens with two attached hydrogens (primary N) is 1. The number of halogens is 3. The van der Waals surface area contributed by atoms with Crippen LogP contribution in [0.1, 0.15) is 18.1 Å². The highest BCUT2D eigenvalue weighted by atomic mass is 19.4. The summed E-state index contributed by atoms with van der Waals surface area (Å²) < 4.78 is 37.5. The van der Waals surface area contributed by atoms with Crippen molar-refractivity contribution in [1.29, 1.82) is 0 Å². The molecule has 19 heavy (non-hydrogen) atoms. The van der Waals surface area contributed by atoms with Gasteiger partial charge in [-0.25, -0.2) is 0 Å². The molecule has 0 saturated carbocycles. The standard InChI is InChI=1S/C12H13F3N2O2/c1-3-17(11(19)10(16)18)9-5-4-8(6-7(9)2)12(13,14)15/h4-6H,3H2,1-2H3,(H2,16,18). The molecular weight excluding hydrogens is 261 g/mol. The van der Waals surface area contributed by atoms with Crippen molar-refractivity contribution >= 4 is 17.5 Å². The number of benzene rings is 1. The molecule has 0 aliphatic heterocycles. The van der Waals surface area contributed by atoms with Gasteiger partial charge in [0.15, 0.2) is 0 Å². The molecule has 0 spiro atoms. The van der Waals surface area contributed by atoms with Crippen LogP contribution in [-0.4, -0.2) is 18.4 Å². The molecule has 2 N–H and O–H groups in total. The van der Waals surface area contributed by atoms with Crippen molar-refractivity contribution in [3.8, 4) is 0 Å². The molecule has 0 aliphatic rings. The van der Waals surface area contributed by atoms with Gasteiger partial charge in [0.25, 0.3) is 0 Å². The number of aryl methyl sites for hydroxylation is 1. The van der Waals surface area contributed by atoms with E-state index in [0.717, 1.165) is 23.1 Å². The number of rotatable bonds is 2. The average molecular weight is 274 g/mol. The van der Waals surface area contributed by atoms with E-state index in [2.05, 4.69) is 0 Å². The number of hydrogen-bond acceptors (Lipinski definition) is 2. The maximum Gasteiger partial charge on any atom is 0.416 e. The van der Waals surface area contributed by atoms with Crippen LogP contribution in [0.4, 0.5) is 18.9 Å². The monoisotopic (exact) mass is 274 g/mol. The molecule has 0 unspecified atom stereocenters. The summed E-state index contributed by atoms with van der Waals surface area (Å²) in [5, 5.41) is 0. The fourth-order valence-electron chi connectivity index (χ4n) is 1.69. The maximum absolute atomic E-state index is 12.5. The summed E-state index contributed by atoms with van der Waals surface area (Å²) >= 11 is 0. The molecular formula is C12H13F3N2O2. The Bertz CT molecular complexity index is 512. The fraction of sp³-hybridized carbons (Fsp3) is 0.333. The van der Waals surface area contributed by atoms with E-state index in [-0.39, 0.29) is 17.8 Å². The molecule has 0 aromatic heterocycles. The van der Waals surface area contributed by atoms with Crippen LogP contribution < -0.4 is 10.6 Å². The van der Waals surface area contributed by atoms with E-state index in [1.54, 1.807) is 6.92 Å². The molecule has 0 radical (unpaired) electrons. The van der Waals surface area contributed by atoms with Crippen molar-refractivity contribution in [1.82, 2.24) is 0 Å². The van der Waals surface area contributed by atoms with Gasteiger partial charge in [-0.2, -0.15) is 13.2 Å². The molecule has 4 nitrogen and oxygen atoms in total. The molecule has 0 fully saturated rings. The highest BCUT2D eigenvalue weighted by molar-refractivity contribution is 6.39. The van der Waals surface area contributed by atoms with E-state index in [4.69, 9.17) is 5.73 Å². The number of hydrogen-bond donors (Lipinski definition) is 1. The van der Waals surface area contributed by atoms with Gasteiger partial charge >= 0.3 is 18.0 Å². The van der Waals surface area contributed by atoms with E-state index in [0.29, 0.717) is 0 Å². The van der Waals surface area contributed by atoms with Gasteiger partial charge in [0, 0.05) is 12.2 Å². The number of alkyl halides is 3. The minimum atomic E-state index is -4.45. The molecule has 104 valence electrons. The SMILES string of the molecule is CCN(C(=O)C(N)=O)c1ccc(C(F)(F)F)cc1C. The fourth-order valence-corrected chi connectivity index (χ4v) is 1.69. The van der Waals surface area contributed by atoms with Crippen molar-refractivity contribution in [3.05, 3.63) is 29.3 Å². The zero-order valence-corrected chi connectivity index (χ0v) is 10.4. The second-order valence-corrected chi connectivity index (χ2v) is 3.91. The highest BCUT2D eigenvalue weighted by Crippen LogP contribution is 2.32. The Morgan fingerprint density at radius 3 is 2.26 bits per heavy atom. The minimum absolute atomic E-state index is 0.133. The van der Waals surface area contributed by atoms with Crippen LogP contribution in [0.3, 0.4) is 0 Å². The Balaban J connectivity index is 3.21. The first-order valence-electron chi connectivity index (χ1n) is 5.47. The van der Waals surface area contributed by atoms with Gasteiger partial charge in [-0.05, 0) is 37.6 Å². The van der Waals surface area contributed by atoms with Crippen LogP contribution in [-0.2, 0) is 15.8 Å². The summed E-state index contributed by atoms with van der Waals surface area (Å²) in [4.78, 5) is 23.4. The Morgan fingerprint density at radius 2 is 1.89 bits per heavy atom. The quantitative estimate of drug-likeness (QED) is 0.836. The molecule has 2 amide bonds. The third-order valence-electron chi connectivity index (χ3n) is 2.59. The predicted molar refractivity (Wildman–Crippen MR) is 63.4 cm³/mol. The molecule has 0 saturated heterocycles. The summed E-state index contributed by atoms with van der Waals surface area (Å²) in [5.41, 5.74) is 4.56. The zero-order chi connectivity index (χ0) is 14.8. The van der Waals surface area contributed by atoms with Crippen LogP contribution in [0.5, 0.6) is 0 Å². The van der Waals surface area contributed by atoms with Gasteiger partial charge in [0.05, 0.1) is 5.56 Å². The van der Waals surface area contributed by atoms with Crippen molar-refractivity contribution in [2.45, 2.75) is 20.0 Å². The van der Waals surface area contributed by atoms with Crippen molar-refractivity contribution in [2.24, 2.45) is 5.73 Å². The minimum Gasteiger partial charge on any atom is -0.361 e. The summed E-state index contributed by atoms with van der Waals surface area (Å²) in [7, 11) is 0. The number of amides is 2. The Kier molecular flexibility index (Phi) is 4.18. The summed E-state index contributed by atoms with van der Waals surface area (Å²) in [6.45, 7) is 3.16. The molecule has 1 rings (SSSR count). The number of carbonyl (C=O) groups is 2. The topological polar surface area (TPSA) is 63.4 Å². The zero-order valence-electron chi connectivity index (χ0n) is 10.4. The van der Waals surface area contributed by atoms with Gasteiger partial charge in [-0.15, -0.1) is 0 Å². The first-order chi connectivity index (χ1) is 8.68. The Hall–Kier alpha value is -2.05. The first kappa shape index (κ1) is 15.0. The van der Waals surface area contributed by atoms with Crippen molar-refractivity contribution in [2.75, 3.05) is 11.4 Å². The van der Waals surface area contributed by atoms with Crippen LogP contribution in [0, 0.1) is 6.92 Å². The average Bonchev–Trinajstić information content (AvgIpc) is 2.30. The van der Waals surface area contributed by atoms with Gasteiger partial charge < -0.3 is 10.6 Å². The lowest BCUT2D eigenvalue weighted by Gasteiger charge is -2.22. The van der Waals surface area contributed by atoms with Crippen LogP contribution in [0.25, 0.3) is 0 Å². The smallest absolute Gasteiger partial charge is 0.361 e. The number of nitrogens with zero attached hydrogens (tertiary/aromatic N) is 1. The van der Waals surface area contributed by atoms with Gasteiger partial charge in [-0.1, -0.05) is 0 Å². The largest absolute Gasteiger partial charge is 0.416 e. The molecule has 1 aromatic rings. The Morgan fingerprint density at radius 1 is 1.32 bits per heavy atom. The molecule has 0 bridgehead atoms. The lowest BCUT2D eigenvalue weighted by Crippen LogP contribution is -2.40. The first-order valence-corrected chi connectivity index (χ1v) is 5.47. The van der Waals surface area contributed by atoms with E-state index < -0.39 is 23.6 Å². The molecule has 0 heterocycles. The maximum atomic E-state index is 12.5. The molecule has 1 aromatic carbocycles. The van der Waals surface area contributed by atoms with Gasteiger partial charge in [0.2, 0.25) is 0 Å². The summed E-state index contributed by atoms with van der Waals surface area (Å²) in [6.07, 6.45) is -4.45. The number of likely N-dealkylation sites (N-methyl/N-ethyl adjacent to an activating group) is 1. The van der Waals surface area contributed by atoms with Gasteiger partial charge in [-0.3, -0.25) is 9.59 Å². The molecule has 0 atom stereocenters. The lowest BCUT2D eigenvalue weighted by atomic mass is 10.1. The van der Waals surface area contributed by atoms with Crippen LogP contribution >= 0.6 is 0 Å². The molecule has 7 heteroatoms. The third kappa shape index (κ3) is 3.24. The third-order valence-corrected chi connectivity index (χ3v) is 2.59. The predicted octanol–water partition coefficient (Wildman–Crippen LogP) is 1.85. The summed E-state index contributed by atoms with van der Waals surface area (Å²) in [6, 6.07) is 2.94. The van der Waals surface area contributed by atoms with E-state index in [1.165, 1.54) is 6.92 Å². The lowest BCUT2D eigenvalue weighted by molar-refractivity contribution is -0.137. The van der Waals surface area contributed by atoms with Crippen molar-refractivity contribution in [3.63, 3.8) is 0 Å². The van der Waals surface area contributed by atoms with E-state index in [9.17, 15) is 22.8 Å². The second-order valence-electron chi connectivity index (χ2n) is 3.91. The number of primary amides is 1. The second kappa shape index (κ2) is 5.29. The molecule has 0 aliphatic carbocycles. The number of carbonyl (C=O) groups excluding carboxylic acids is 2. The van der Waals surface area contributed by atoms with Crippen LogP contribution in [0.2, 0.25) is 0 Å². The van der Waals surface area contributed by atoms with E-state index >= 15 is 0 Å². The van der Waals surface area contributed by atoms with Crippen LogP contribution in [0.15, 0.2) is 18.2 Å². The van der Waals surface area contributed by atoms with Gasteiger partial charge in [0.1, 0.15) is 0 Å². The van der Waals surface area contributed by atoms with E-state index in [1.807, 2.05) is 0 Å². The Labute approximate surface area is 108 Å². The van der Waals surface area contributed by atoms with Crippen molar-refractivity contribution < 1.29 is 22.8 Å². The number of anilines is 1.